The van der Waals surface area contributed by atoms with Crippen molar-refractivity contribution in [3.63, 3.8) is 0 Å². The van der Waals surface area contributed by atoms with Gasteiger partial charge in [0.15, 0.2) is 5.78 Å². The van der Waals surface area contributed by atoms with Crippen molar-refractivity contribution in [3.8, 4) is 17.5 Å². The monoisotopic (exact) mass is 410 g/mol. The first-order chi connectivity index (χ1) is 14.0. The average molecular weight is 411 g/mol. The van der Waals surface area contributed by atoms with Gasteiger partial charge in [-0.2, -0.15) is 5.26 Å². The number of rotatable bonds is 7. The molecule has 0 unspecified atom stereocenters. The Bertz CT molecular complexity index is 1130. The Morgan fingerprint density at radius 1 is 1.21 bits per heavy atom. The van der Waals surface area contributed by atoms with Gasteiger partial charge in [-0.3, -0.25) is 4.79 Å². The predicted octanol–water partition coefficient (Wildman–Crippen LogP) is 4.63. The quantitative estimate of drug-likeness (QED) is 0.530. The second-order valence-electron chi connectivity index (χ2n) is 6.31. The molecule has 148 valence electrons. The van der Waals surface area contributed by atoms with Crippen molar-refractivity contribution in [1.29, 1.82) is 5.26 Å². The third-order valence-corrected chi connectivity index (χ3v) is 4.74. The van der Waals surface area contributed by atoms with Crippen LogP contribution in [0.15, 0.2) is 42.5 Å². The number of carbonyl (C=O) groups excluding carboxylic acids is 2. The summed E-state index contributed by atoms with van der Waals surface area (Å²) in [5.74, 6) is -0.341. The Morgan fingerprint density at radius 2 is 1.97 bits per heavy atom. The molecule has 0 fully saturated rings. The fourth-order valence-corrected chi connectivity index (χ4v) is 3.42. The number of halogens is 1. The van der Waals surface area contributed by atoms with Crippen molar-refractivity contribution in [3.05, 3.63) is 58.7 Å². The van der Waals surface area contributed by atoms with Crippen LogP contribution < -0.4 is 4.74 Å². The maximum absolute atomic E-state index is 12.7. The molecule has 0 saturated carbocycles. The van der Waals surface area contributed by atoms with Crippen LogP contribution in [0.3, 0.4) is 0 Å². The van der Waals surface area contributed by atoms with E-state index in [2.05, 4.69) is 0 Å². The van der Waals surface area contributed by atoms with Gasteiger partial charge in [0, 0.05) is 11.1 Å². The van der Waals surface area contributed by atoms with Crippen LogP contribution in [-0.2, 0) is 9.53 Å². The predicted molar refractivity (Wildman–Crippen MR) is 110 cm³/mol. The Labute approximate surface area is 173 Å². The summed E-state index contributed by atoms with van der Waals surface area (Å²) in [5, 5.41) is 9.77. The summed E-state index contributed by atoms with van der Waals surface area (Å²) in [6, 6.07) is 14.4. The molecule has 29 heavy (non-hydrogen) atoms. The molecule has 0 spiro atoms. The second kappa shape index (κ2) is 8.80. The topological polar surface area (TPSA) is 81.3 Å². The Morgan fingerprint density at radius 3 is 2.66 bits per heavy atom. The van der Waals surface area contributed by atoms with Crippen molar-refractivity contribution in [2.45, 2.75) is 20.3 Å². The van der Waals surface area contributed by atoms with E-state index in [1.807, 2.05) is 29.7 Å². The lowest BCUT2D eigenvalue weighted by atomic mass is 10.1. The van der Waals surface area contributed by atoms with Gasteiger partial charge in [0.05, 0.1) is 40.9 Å². The van der Waals surface area contributed by atoms with Crippen LogP contribution in [0.2, 0.25) is 5.02 Å². The smallest absolute Gasteiger partial charge is 0.340 e. The van der Waals surface area contributed by atoms with Gasteiger partial charge in [-0.05, 0) is 44.2 Å². The Hall–Kier alpha value is -3.30. The van der Waals surface area contributed by atoms with E-state index in [0.29, 0.717) is 27.4 Å². The number of hydrogen-bond acceptors (Lipinski definition) is 5. The summed E-state index contributed by atoms with van der Waals surface area (Å²) >= 11 is 6.40. The third kappa shape index (κ3) is 4.10. The molecule has 7 heteroatoms. The van der Waals surface area contributed by atoms with E-state index in [1.165, 1.54) is 0 Å². The highest BCUT2D eigenvalue weighted by molar-refractivity contribution is 6.32. The summed E-state index contributed by atoms with van der Waals surface area (Å²) in [7, 11) is 0. The molecule has 0 saturated heterocycles. The zero-order valence-corrected chi connectivity index (χ0v) is 16.8. The molecule has 1 heterocycles. The molecule has 0 amide bonds. The standard InChI is InChI=1S/C22H19ClN2O4/c1-3-28-22(27)21-14(2)25(20-7-5-4-6-18(20)23)19-9-8-16(12-17(19)21)29-13-15(26)10-11-24/h4-9,12H,3,10,13H2,1-2H3. The van der Waals surface area contributed by atoms with E-state index in [9.17, 15) is 9.59 Å². The number of esters is 1. The van der Waals surface area contributed by atoms with Gasteiger partial charge in [-0.15, -0.1) is 0 Å². The molecular weight excluding hydrogens is 392 g/mol. The minimum atomic E-state index is -0.446. The van der Waals surface area contributed by atoms with Crippen molar-refractivity contribution in [1.82, 2.24) is 4.57 Å². The number of nitrogens with zero attached hydrogens (tertiary/aromatic N) is 2. The SMILES string of the molecule is CCOC(=O)c1c(C)n(-c2ccccc2Cl)c2ccc(OCC(=O)CC#N)cc12. The number of aromatic nitrogens is 1. The molecule has 0 aliphatic carbocycles. The Balaban J connectivity index is 2.15. The molecule has 0 radical (unpaired) electrons. The van der Waals surface area contributed by atoms with Crippen LogP contribution in [0, 0.1) is 18.3 Å². The van der Waals surface area contributed by atoms with Gasteiger partial charge in [-0.25, -0.2) is 4.79 Å². The summed E-state index contributed by atoms with van der Waals surface area (Å²) < 4.78 is 12.7. The lowest BCUT2D eigenvalue weighted by molar-refractivity contribution is -0.120. The van der Waals surface area contributed by atoms with Crippen molar-refractivity contribution >= 4 is 34.3 Å². The van der Waals surface area contributed by atoms with Gasteiger partial charge in [-0.1, -0.05) is 23.7 Å². The van der Waals surface area contributed by atoms with Gasteiger partial charge >= 0.3 is 5.97 Å². The van der Waals surface area contributed by atoms with Crippen molar-refractivity contribution in [2.75, 3.05) is 13.2 Å². The highest BCUT2D eigenvalue weighted by Gasteiger charge is 2.23. The van der Waals surface area contributed by atoms with Crippen LogP contribution in [0.4, 0.5) is 0 Å². The molecule has 2 aromatic carbocycles. The molecule has 0 bridgehead atoms. The first-order valence-corrected chi connectivity index (χ1v) is 9.44. The fourth-order valence-electron chi connectivity index (χ4n) is 3.20. The van der Waals surface area contributed by atoms with E-state index in [-0.39, 0.29) is 25.4 Å². The Kier molecular flexibility index (Phi) is 6.20. The van der Waals surface area contributed by atoms with Crippen LogP contribution in [0.25, 0.3) is 16.6 Å². The van der Waals surface area contributed by atoms with Gasteiger partial charge in [0.1, 0.15) is 12.4 Å². The number of nitriles is 1. The number of hydrogen-bond donors (Lipinski definition) is 0. The highest BCUT2D eigenvalue weighted by Crippen LogP contribution is 2.34. The summed E-state index contributed by atoms with van der Waals surface area (Å²) in [6.07, 6.45) is -0.210. The third-order valence-electron chi connectivity index (χ3n) is 4.42. The molecular formula is C22H19ClN2O4. The summed E-state index contributed by atoms with van der Waals surface area (Å²) in [6.45, 7) is 3.61. The molecule has 0 aliphatic rings. The number of Topliss-reactive ketones (excluding diaryl/α,β-unsaturated/α-hetero) is 1. The first kappa shape index (κ1) is 20.4. The maximum Gasteiger partial charge on any atom is 0.340 e. The normalized spacial score (nSPS) is 10.6. The molecule has 0 aliphatic heterocycles. The van der Waals surface area contributed by atoms with Crippen molar-refractivity contribution < 1.29 is 19.1 Å². The lowest BCUT2D eigenvalue weighted by Crippen LogP contribution is -2.10. The summed E-state index contributed by atoms with van der Waals surface area (Å²) in [5.41, 5.74) is 2.60. The molecule has 0 N–H and O–H groups in total. The number of para-hydroxylation sites is 1. The number of fused-ring (bicyclic) bond motifs is 1. The second-order valence-corrected chi connectivity index (χ2v) is 6.72. The molecule has 3 rings (SSSR count). The number of ketones is 1. The maximum atomic E-state index is 12.7. The minimum Gasteiger partial charge on any atom is -0.486 e. The van der Waals surface area contributed by atoms with E-state index < -0.39 is 5.97 Å². The summed E-state index contributed by atoms with van der Waals surface area (Å²) in [4.78, 5) is 24.3. The van der Waals surface area contributed by atoms with Gasteiger partial charge in [0.2, 0.25) is 0 Å². The number of ether oxygens (including phenoxy) is 2. The minimum absolute atomic E-state index is 0.210. The molecule has 1 aromatic heterocycles. The zero-order chi connectivity index (χ0) is 21.0. The van der Waals surface area contributed by atoms with Crippen LogP contribution >= 0.6 is 11.6 Å². The first-order valence-electron chi connectivity index (χ1n) is 9.06. The van der Waals surface area contributed by atoms with Gasteiger partial charge < -0.3 is 14.0 Å². The van der Waals surface area contributed by atoms with Gasteiger partial charge in [0.25, 0.3) is 0 Å². The van der Waals surface area contributed by atoms with Crippen LogP contribution in [0.1, 0.15) is 29.4 Å². The fraction of sp³-hybridized carbons (Fsp3) is 0.227. The number of benzene rings is 2. The molecule has 6 nitrogen and oxygen atoms in total. The van der Waals surface area contributed by atoms with Crippen LogP contribution in [0.5, 0.6) is 5.75 Å². The molecule has 0 atom stereocenters. The highest BCUT2D eigenvalue weighted by atomic mass is 35.5. The van der Waals surface area contributed by atoms with E-state index in [1.54, 1.807) is 37.3 Å². The van der Waals surface area contributed by atoms with Crippen LogP contribution in [-0.4, -0.2) is 29.5 Å². The average Bonchev–Trinajstić information content (AvgIpc) is 2.98. The van der Waals surface area contributed by atoms with Crippen molar-refractivity contribution in [2.24, 2.45) is 0 Å². The van der Waals surface area contributed by atoms with E-state index in [0.717, 1.165) is 11.2 Å². The largest absolute Gasteiger partial charge is 0.486 e. The molecule has 3 aromatic rings. The van der Waals surface area contributed by atoms with E-state index in [4.69, 9.17) is 26.3 Å². The zero-order valence-electron chi connectivity index (χ0n) is 16.1. The number of carbonyl (C=O) groups is 2. The lowest BCUT2D eigenvalue weighted by Gasteiger charge is -2.11. The van der Waals surface area contributed by atoms with E-state index >= 15 is 0 Å².